The number of ether oxygens (including phenoxy) is 1. The molecule has 2 aliphatic carbocycles. The Morgan fingerprint density at radius 2 is 1.44 bits per heavy atom. The Hall–Kier alpha value is -0.300. The minimum atomic E-state index is 0.575. The van der Waals surface area contributed by atoms with E-state index in [-0.39, 0.29) is 0 Å². The molecule has 0 amide bonds. The Bertz CT molecular complexity index is 242. The SMILES string of the molecule is C/C=C/[C@H]1CC[C@H]([C@H]2CC[C@H](OCC)CC2)CC1. The Balaban J connectivity index is 1.71. The summed E-state index contributed by atoms with van der Waals surface area (Å²) in [6.45, 7) is 5.17. The van der Waals surface area contributed by atoms with Crippen LogP contribution in [0.5, 0.6) is 0 Å². The molecule has 0 unspecified atom stereocenters. The molecule has 1 heteroatoms. The van der Waals surface area contributed by atoms with Crippen molar-refractivity contribution < 1.29 is 4.74 Å². The van der Waals surface area contributed by atoms with Crippen LogP contribution in [0.2, 0.25) is 0 Å². The number of hydrogen-bond donors (Lipinski definition) is 0. The van der Waals surface area contributed by atoms with Gasteiger partial charge in [-0.2, -0.15) is 0 Å². The van der Waals surface area contributed by atoms with Gasteiger partial charge in [-0.15, -0.1) is 0 Å². The largest absolute Gasteiger partial charge is 0.379 e. The number of allylic oxidation sites excluding steroid dienone is 2. The molecule has 0 spiro atoms. The maximum atomic E-state index is 5.76. The fourth-order valence-electron chi connectivity index (χ4n) is 4.04. The molecule has 0 saturated heterocycles. The average molecular weight is 250 g/mol. The van der Waals surface area contributed by atoms with E-state index in [1.807, 2.05) is 0 Å². The van der Waals surface area contributed by atoms with Gasteiger partial charge in [0.05, 0.1) is 6.10 Å². The van der Waals surface area contributed by atoms with Crippen LogP contribution in [-0.2, 0) is 4.74 Å². The van der Waals surface area contributed by atoms with Gasteiger partial charge in [0.2, 0.25) is 0 Å². The van der Waals surface area contributed by atoms with Crippen molar-refractivity contribution in [2.75, 3.05) is 6.61 Å². The molecule has 1 nitrogen and oxygen atoms in total. The minimum absolute atomic E-state index is 0.575. The average Bonchev–Trinajstić information content (AvgIpc) is 2.41. The fourth-order valence-corrected chi connectivity index (χ4v) is 4.04. The van der Waals surface area contributed by atoms with Crippen molar-refractivity contribution in [3.05, 3.63) is 12.2 Å². The first-order valence-corrected chi connectivity index (χ1v) is 8.07. The van der Waals surface area contributed by atoms with Crippen LogP contribution in [0.3, 0.4) is 0 Å². The molecule has 0 radical (unpaired) electrons. The summed E-state index contributed by atoms with van der Waals surface area (Å²) in [6.07, 6.45) is 16.5. The van der Waals surface area contributed by atoms with E-state index >= 15 is 0 Å². The molecule has 0 N–H and O–H groups in total. The molecule has 2 rings (SSSR count). The molecular formula is C17H30O. The number of hydrogen-bond acceptors (Lipinski definition) is 1. The number of rotatable bonds is 4. The predicted molar refractivity (Wildman–Crippen MR) is 77.6 cm³/mol. The van der Waals surface area contributed by atoms with Gasteiger partial charge < -0.3 is 4.74 Å². The molecule has 0 aliphatic heterocycles. The molecule has 18 heavy (non-hydrogen) atoms. The summed E-state index contributed by atoms with van der Waals surface area (Å²) in [6, 6.07) is 0. The second-order valence-electron chi connectivity index (χ2n) is 6.19. The van der Waals surface area contributed by atoms with Crippen LogP contribution in [0.15, 0.2) is 12.2 Å². The standard InChI is InChI=1S/C17H30O/c1-3-5-14-6-8-15(9-7-14)16-10-12-17(13-11-16)18-4-2/h3,5,14-17H,4,6-13H2,1-2H3/b5-3+/t14-,15-,16-,17-. The van der Waals surface area contributed by atoms with Crippen molar-refractivity contribution in [1.29, 1.82) is 0 Å². The Morgan fingerprint density at radius 3 is 1.94 bits per heavy atom. The zero-order valence-corrected chi connectivity index (χ0v) is 12.2. The van der Waals surface area contributed by atoms with E-state index in [4.69, 9.17) is 4.74 Å². The van der Waals surface area contributed by atoms with Crippen LogP contribution in [0.4, 0.5) is 0 Å². The molecule has 2 fully saturated rings. The van der Waals surface area contributed by atoms with E-state index in [1.165, 1.54) is 51.4 Å². The molecule has 104 valence electrons. The Morgan fingerprint density at radius 1 is 0.889 bits per heavy atom. The summed E-state index contributed by atoms with van der Waals surface area (Å²) in [4.78, 5) is 0. The van der Waals surface area contributed by atoms with Crippen LogP contribution in [0.25, 0.3) is 0 Å². The molecule has 2 aliphatic rings. The monoisotopic (exact) mass is 250 g/mol. The fraction of sp³-hybridized carbons (Fsp3) is 0.882. The molecule has 2 saturated carbocycles. The zero-order chi connectivity index (χ0) is 12.8. The molecule has 0 heterocycles. The summed E-state index contributed by atoms with van der Waals surface area (Å²) in [5.41, 5.74) is 0. The Labute approximate surface area is 113 Å². The lowest BCUT2D eigenvalue weighted by Gasteiger charge is -2.37. The van der Waals surface area contributed by atoms with E-state index in [2.05, 4.69) is 26.0 Å². The highest BCUT2D eigenvalue weighted by Gasteiger charge is 2.30. The van der Waals surface area contributed by atoms with Crippen molar-refractivity contribution in [2.24, 2.45) is 17.8 Å². The van der Waals surface area contributed by atoms with Gasteiger partial charge in [0.25, 0.3) is 0 Å². The first-order valence-electron chi connectivity index (χ1n) is 8.07. The first kappa shape index (κ1) is 14.1. The van der Waals surface area contributed by atoms with Gasteiger partial charge in [0.15, 0.2) is 0 Å². The molecule has 0 bridgehead atoms. The van der Waals surface area contributed by atoms with Crippen LogP contribution in [0, 0.1) is 17.8 Å². The highest BCUT2D eigenvalue weighted by atomic mass is 16.5. The van der Waals surface area contributed by atoms with Gasteiger partial charge >= 0.3 is 0 Å². The molecule has 0 aromatic carbocycles. The summed E-state index contributed by atoms with van der Waals surface area (Å²) < 4.78 is 5.76. The van der Waals surface area contributed by atoms with E-state index < -0.39 is 0 Å². The lowest BCUT2D eigenvalue weighted by molar-refractivity contribution is 0.0142. The normalized spacial score (nSPS) is 38.1. The summed E-state index contributed by atoms with van der Waals surface area (Å²) >= 11 is 0. The predicted octanol–water partition coefficient (Wildman–Crippen LogP) is 4.96. The smallest absolute Gasteiger partial charge is 0.0575 e. The third kappa shape index (κ3) is 3.85. The van der Waals surface area contributed by atoms with Gasteiger partial charge in [-0.25, -0.2) is 0 Å². The van der Waals surface area contributed by atoms with Gasteiger partial charge in [-0.1, -0.05) is 12.2 Å². The van der Waals surface area contributed by atoms with Crippen molar-refractivity contribution in [1.82, 2.24) is 0 Å². The zero-order valence-electron chi connectivity index (χ0n) is 12.2. The van der Waals surface area contributed by atoms with Gasteiger partial charge in [-0.05, 0) is 83.0 Å². The quantitative estimate of drug-likeness (QED) is 0.640. The maximum absolute atomic E-state index is 5.76. The third-order valence-corrected chi connectivity index (χ3v) is 5.07. The maximum Gasteiger partial charge on any atom is 0.0575 e. The van der Waals surface area contributed by atoms with Gasteiger partial charge in [0.1, 0.15) is 0 Å². The van der Waals surface area contributed by atoms with Crippen LogP contribution < -0.4 is 0 Å². The highest BCUT2D eigenvalue weighted by molar-refractivity contribution is 4.90. The molecule has 0 aromatic heterocycles. The summed E-state index contributed by atoms with van der Waals surface area (Å²) in [7, 11) is 0. The van der Waals surface area contributed by atoms with Crippen molar-refractivity contribution in [2.45, 2.75) is 71.3 Å². The van der Waals surface area contributed by atoms with E-state index in [0.717, 1.165) is 24.4 Å². The first-order chi connectivity index (χ1) is 8.83. The lowest BCUT2D eigenvalue weighted by Crippen LogP contribution is -2.28. The van der Waals surface area contributed by atoms with Gasteiger partial charge in [-0.3, -0.25) is 0 Å². The second-order valence-corrected chi connectivity index (χ2v) is 6.19. The molecular weight excluding hydrogens is 220 g/mol. The molecule has 0 aromatic rings. The van der Waals surface area contributed by atoms with Crippen LogP contribution in [0.1, 0.15) is 65.2 Å². The van der Waals surface area contributed by atoms with Crippen LogP contribution >= 0.6 is 0 Å². The highest BCUT2D eigenvalue weighted by Crippen LogP contribution is 2.40. The minimum Gasteiger partial charge on any atom is -0.379 e. The lowest BCUT2D eigenvalue weighted by atomic mass is 9.70. The third-order valence-electron chi connectivity index (χ3n) is 5.07. The molecule has 0 atom stereocenters. The van der Waals surface area contributed by atoms with Crippen molar-refractivity contribution in [3.63, 3.8) is 0 Å². The Kier molecular flexibility index (Phi) is 5.75. The van der Waals surface area contributed by atoms with Crippen LogP contribution in [-0.4, -0.2) is 12.7 Å². The van der Waals surface area contributed by atoms with E-state index in [9.17, 15) is 0 Å². The summed E-state index contributed by atoms with van der Waals surface area (Å²) in [5.74, 6) is 2.91. The van der Waals surface area contributed by atoms with E-state index in [1.54, 1.807) is 0 Å². The second kappa shape index (κ2) is 7.33. The van der Waals surface area contributed by atoms with E-state index in [0.29, 0.717) is 6.10 Å². The van der Waals surface area contributed by atoms with Crippen molar-refractivity contribution >= 4 is 0 Å². The van der Waals surface area contributed by atoms with Gasteiger partial charge in [0, 0.05) is 6.61 Å². The summed E-state index contributed by atoms with van der Waals surface area (Å²) in [5, 5.41) is 0. The van der Waals surface area contributed by atoms with Crippen molar-refractivity contribution in [3.8, 4) is 0 Å². The topological polar surface area (TPSA) is 9.23 Å².